The maximum Gasteiger partial charge on any atom is 0.111 e. The molecule has 1 aliphatic heterocycles. The van der Waals surface area contributed by atoms with E-state index < -0.39 is 0 Å². The molecule has 1 aliphatic rings. The molecule has 0 amide bonds. The SMILES string of the molecule is Cc1cc(-c2ccc(CC3CCNC3)cn2)n[nH]1. The monoisotopic (exact) mass is 242 g/mol. The molecule has 0 aliphatic carbocycles. The van der Waals surface area contributed by atoms with E-state index in [1.54, 1.807) is 0 Å². The molecule has 0 aromatic carbocycles. The van der Waals surface area contributed by atoms with Gasteiger partial charge in [-0.05, 0) is 56.5 Å². The van der Waals surface area contributed by atoms with Gasteiger partial charge in [0.25, 0.3) is 0 Å². The van der Waals surface area contributed by atoms with Crippen LogP contribution in [0.15, 0.2) is 24.4 Å². The van der Waals surface area contributed by atoms with Crippen molar-refractivity contribution in [3.8, 4) is 11.4 Å². The molecule has 18 heavy (non-hydrogen) atoms. The first-order chi connectivity index (χ1) is 8.81. The minimum absolute atomic E-state index is 0.769. The summed E-state index contributed by atoms with van der Waals surface area (Å²) in [6.45, 7) is 4.29. The molecule has 1 unspecified atom stereocenters. The van der Waals surface area contributed by atoms with E-state index in [0.29, 0.717) is 0 Å². The Hall–Kier alpha value is -1.68. The van der Waals surface area contributed by atoms with Gasteiger partial charge in [0.2, 0.25) is 0 Å². The molecule has 2 aromatic heterocycles. The van der Waals surface area contributed by atoms with Crippen LogP contribution in [0.5, 0.6) is 0 Å². The Morgan fingerprint density at radius 1 is 1.33 bits per heavy atom. The minimum atomic E-state index is 0.769. The van der Waals surface area contributed by atoms with E-state index >= 15 is 0 Å². The Balaban J connectivity index is 1.72. The molecular formula is C14H18N4. The van der Waals surface area contributed by atoms with E-state index in [-0.39, 0.29) is 0 Å². The Bertz CT molecular complexity index is 509. The van der Waals surface area contributed by atoms with Gasteiger partial charge < -0.3 is 5.32 Å². The van der Waals surface area contributed by atoms with Gasteiger partial charge in [-0.3, -0.25) is 10.1 Å². The normalized spacial score (nSPS) is 19.3. The third-order valence-corrected chi connectivity index (χ3v) is 3.48. The van der Waals surface area contributed by atoms with Crippen LogP contribution in [0.3, 0.4) is 0 Å². The molecule has 4 heteroatoms. The van der Waals surface area contributed by atoms with Crippen LogP contribution in [-0.4, -0.2) is 28.3 Å². The quantitative estimate of drug-likeness (QED) is 0.864. The third kappa shape index (κ3) is 2.43. The Morgan fingerprint density at radius 3 is 2.89 bits per heavy atom. The van der Waals surface area contributed by atoms with E-state index in [1.165, 1.54) is 12.0 Å². The summed E-state index contributed by atoms with van der Waals surface area (Å²) in [5.41, 5.74) is 4.24. The second-order valence-electron chi connectivity index (χ2n) is 5.05. The first kappa shape index (κ1) is 11.4. The Labute approximate surface area is 107 Å². The maximum atomic E-state index is 4.50. The second-order valence-corrected chi connectivity index (χ2v) is 5.05. The van der Waals surface area contributed by atoms with Crippen molar-refractivity contribution in [2.24, 2.45) is 5.92 Å². The van der Waals surface area contributed by atoms with E-state index in [1.807, 2.05) is 19.2 Å². The van der Waals surface area contributed by atoms with E-state index in [2.05, 4.69) is 32.6 Å². The Kier molecular flexibility index (Phi) is 3.11. The van der Waals surface area contributed by atoms with Gasteiger partial charge in [0.15, 0.2) is 0 Å². The fraction of sp³-hybridized carbons (Fsp3) is 0.429. The van der Waals surface area contributed by atoms with Crippen LogP contribution in [0.2, 0.25) is 0 Å². The number of aromatic nitrogens is 3. The zero-order valence-corrected chi connectivity index (χ0v) is 10.6. The number of nitrogens with one attached hydrogen (secondary N) is 2. The molecule has 1 atom stereocenters. The second kappa shape index (κ2) is 4.90. The van der Waals surface area contributed by atoms with Gasteiger partial charge in [-0.25, -0.2) is 0 Å². The molecule has 0 saturated carbocycles. The van der Waals surface area contributed by atoms with Crippen molar-refractivity contribution in [3.05, 3.63) is 35.7 Å². The topological polar surface area (TPSA) is 53.6 Å². The molecule has 0 radical (unpaired) electrons. The highest BCUT2D eigenvalue weighted by Gasteiger charge is 2.15. The third-order valence-electron chi connectivity index (χ3n) is 3.48. The number of rotatable bonds is 3. The number of aromatic amines is 1. The largest absolute Gasteiger partial charge is 0.316 e. The van der Waals surface area contributed by atoms with Gasteiger partial charge in [-0.1, -0.05) is 6.07 Å². The average Bonchev–Trinajstić information content (AvgIpc) is 3.02. The Morgan fingerprint density at radius 2 is 2.28 bits per heavy atom. The lowest BCUT2D eigenvalue weighted by Gasteiger charge is -2.07. The van der Waals surface area contributed by atoms with Crippen LogP contribution < -0.4 is 5.32 Å². The van der Waals surface area contributed by atoms with E-state index in [4.69, 9.17) is 0 Å². The van der Waals surface area contributed by atoms with Crippen molar-refractivity contribution in [2.45, 2.75) is 19.8 Å². The average molecular weight is 242 g/mol. The lowest BCUT2D eigenvalue weighted by Crippen LogP contribution is -2.10. The van der Waals surface area contributed by atoms with Crippen LogP contribution in [0.25, 0.3) is 11.4 Å². The molecule has 1 saturated heterocycles. The van der Waals surface area contributed by atoms with Gasteiger partial charge in [0, 0.05) is 11.9 Å². The van der Waals surface area contributed by atoms with E-state index in [0.717, 1.165) is 42.5 Å². The highest BCUT2D eigenvalue weighted by atomic mass is 15.1. The molecular weight excluding hydrogens is 224 g/mol. The zero-order valence-electron chi connectivity index (χ0n) is 10.6. The van der Waals surface area contributed by atoms with Crippen LogP contribution in [-0.2, 0) is 6.42 Å². The van der Waals surface area contributed by atoms with Crippen LogP contribution >= 0.6 is 0 Å². The van der Waals surface area contributed by atoms with Gasteiger partial charge in [-0.2, -0.15) is 5.10 Å². The molecule has 3 heterocycles. The van der Waals surface area contributed by atoms with Gasteiger partial charge in [-0.15, -0.1) is 0 Å². The molecule has 0 bridgehead atoms. The van der Waals surface area contributed by atoms with Crippen LogP contribution in [0.1, 0.15) is 17.7 Å². The number of hydrogen-bond acceptors (Lipinski definition) is 3. The summed E-state index contributed by atoms with van der Waals surface area (Å²) < 4.78 is 0. The lowest BCUT2D eigenvalue weighted by atomic mass is 10.00. The zero-order chi connectivity index (χ0) is 12.4. The summed E-state index contributed by atoms with van der Waals surface area (Å²) in [4.78, 5) is 4.50. The standard InChI is InChI=1S/C14H18N4/c1-10-6-14(18-17-10)13-3-2-11(9-16-13)7-12-4-5-15-8-12/h2-3,6,9,12,15H,4-5,7-8H2,1H3,(H,17,18). The summed E-state index contributed by atoms with van der Waals surface area (Å²) in [7, 11) is 0. The summed E-state index contributed by atoms with van der Waals surface area (Å²) in [5, 5.41) is 10.6. The van der Waals surface area contributed by atoms with Gasteiger partial charge in [0.05, 0.1) is 5.69 Å². The highest BCUT2D eigenvalue weighted by molar-refractivity contribution is 5.54. The summed E-state index contributed by atoms with van der Waals surface area (Å²) in [6, 6.07) is 6.25. The first-order valence-corrected chi connectivity index (χ1v) is 6.49. The molecule has 2 aromatic rings. The number of hydrogen-bond donors (Lipinski definition) is 2. The van der Waals surface area contributed by atoms with Crippen molar-refractivity contribution in [2.75, 3.05) is 13.1 Å². The first-order valence-electron chi connectivity index (χ1n) is 6.49. The summed E-state index contributed by atoms with van der Waals surface area (Å²) in [5.74, 6) is 0.769. The van der Waals surface area contributed by atoms with Crippen LogP contribution in [0.4, 0.5) is 0 Å². The smallest absolute Gasteiger partial charge is 0.111 e. The molecule has 3 rings (SSSR count). The number of aryl methyl sites for hydroxylation is 1. The van der Waals surface area contributed by atoms with E-state index in [9.17, 15) is 0 Å². The number of H-pyrrole nitrogens is 1. The molecule has 0 spiro atoms. The summed E-state index contributed by atoms with van der Waals surface area (Å²) >= 11 is 0. The minimum Gasteiger partial charge on any atom is -0.316 e. The van der Waals surface area contributed by atoms with Crippen molar-refractivity contribution in [1.29, 1.82) is 0 Å². The van der Waals surface area contributed by atoms with Crippen molar-refractivity contribution < 1.29 is 0 Å². The molecule has 94 valence electrons. The number of nitrogens with zero attached hydrogens (tertiary/aromatic N) is 2. The van der Waals surface area contributed by atoms with Crippen molar-refractivity contribution in [1.82, 2.24) is 20.5 Å². The summed E-state index contributed by atoms with van der Waals surface area (Å²) in [6.07, 6.45) is 4.39. The highest BCUT2D eigenvalue weighted by Crippen LogP contribution is 2.18. The molecule has 4 nitrogen and oxygen atoms in total. The predicted octanol–water partition coefficient (Wildman–Crippen LogP) is 1.93. The molecule has 1 fully saturated rings. The fourth-order valence-corrected chi connectivity index (χ4v) is 2.47. The maximum absolute atomic E-state index is 4.50. The predicted molar refractivity (Wildman–Crippen MR) is 71.2 cm³/mol. The lowest BCUT2D eigenvalue weighted by molar-refractivity contribution is 0.579. The van der Waals surface area contributed by atoms with Crippen molar-refractivity contribution >= 4 is 0 Å². The number of pyridine rings is 1. The van der Waals surface area contributed by atoms with Gasteiger partial charge >= 0.3 is 0 Å². The molecule has 2 N–H and O–H groups in total. The fourth-order valence-electron chi connectivity index (χ4n) is 2.47. The van der Waals surface area contributed by atoms with Crippen molar-refractivity contribution in [3.63, 3.8) is 0 Å². The van der Waals surface area contributed by atoms with Crippen LogP contribution in [0, 0.1) is 12.8 Å². The van der Waals surface area contributed by atoms with Gasteiger partial charge in [0.1, 0.15) is 5.69 Å².